The molecule has 0 aromatic heterocycles. The highest BCUT2D eigenvalue weighted by Gasteiger charge is 2.08. The predicted octanol–water partition coefficient (Wildman–Crippen LogP) is 6.62. The molecular formula is C28H32F2O2. The van der Waals surface area contributed by atoms with Crippen LogP contribution in [0.2, 0.25) is 0 Å². The van der Waals surface area contributed by atoms with Crippen molar-refractivity contribution in [3.8, 4) is 29.4 Å². The topological polar surface area (TPSA) is 29.5 Å². The van der Waals surface area contributed by atoms with Gasteiger partial charge in [-0.05, 0) is 55.7 Å². The molecular weight excluding hydrogens is 406 g/mol. The first-order valence-corrected chi connectivity index (χ1v) is 11.5. The maximum Gasteiger partial charge on any atom is 0.143 e. The van der Waals surface area contributed by atoms with Crippen molar-refractivity contribution in [1.29, 1.82) is 0 Å². The average Bonchev–Trinajstić information content (AvgIpc) is 2.78. The van der Waals surface area contributed by atoms with Crippen LogP contribution in [0, 0.1) is 35.3 Å². The molecule has 4 heteroatoms. The zero-order valence-electron chi connectivity index (χ0n) is 18.9. The molecule has 0 fully saturated rings. The maximum atomic E-state index is 14.3. The fourth-order valence-electron chi connectivity index (χ4n) is 3.10. The van der Waals surface area contributed by atoms with Crippen LogP contribution in [0.5, 0.6) is 5.75 Å². The van der Waals surface area contributed by atoms with E-state index in [-0.39, 0.29) is 17.7 Å². The first-order valence-electron chi connectivity index (χ1n) is 11.5. The van der Waals surface area contributed by atoms with Gasteiger partial charge in [0.25, 0.3) is 0 Å². The molecule has 0 spiro atoms. The van der Waals surface area contributed by atoms with E-state index in [9.17, 15) is 8.78 Å². The Morgan fingerprint density at radius 2 is 1.47 bits per heavy atom. The second-order valence-corrected chi connectivity index (χ2v) is 7.69. The van der Waals surface area contributed by atoms with Crippen molar-refractivity contribution in [2.75, 3.05) is 13.2 Å². The number of ether oxygens (including phenoxy) is 1. The van der Waals surface area contributed by atoms with E-state index in [4.69, 9.17) is 9.84 Å². The van der Waals surface area contributed by atoms with Gasteiger partial charge >= 0.3 is 0 Å². The van der Waals surface area contributed by atoms with Gasteiger partial charge in [-0.3, -0.25) is 0 Å². The summed E-state index contributed by atoms with van der Waals surface area (Å²) in [7, 11) is 0. The van der Waals surface area contributed by atoms with Gasteiger partial charge < -0.3 is 9.84 Å². The molecule has 0 saturated heterocycles. The summed E-state index contributed by atoms with van der Waals surface area (Å²) in [5.74, 6) is 10.3. The SMILES string of the molecule is CCCCCCCCOc1ccc(C#Cc2c(F)cc(C#CCCCCO)cc2F)cc1. The van der Waals surface area contributed by atoms with E-state index in [0.717, 1.165) is 18.6 Å². The lowest BCUT2D eigenvalue weighted by Crippen LogP contribution is -1.97. The molecule has 0 heterocycles. The van der Waals surface area contributed by atoms with E-state index in [1.54, 1.807) is 12.1 Å². The second kappa shape index (κ2) is 15.1. The van der Waals surface area contributed by atoms with Gasteiger partial charge in [0.05, 0.1) is 12.2 Å². The maximum absolute atomic E-state index is 14.3. The van der Waals surface area contributed by atoms with Gasteiger partial charge in [-0.1, -0.05) is 62.7 Å². The summed E-state index contributed by atoms with van der Waals surface area (Å²) in [6.45, 7) is 3.01. The molecule has 0 unspecified atom stereocenters. The van der Waals surface area contributed by atoms with Gasteiger partial charge in [0.15, 0.2) is 0 Å². The molecule has 2 aromatic rings. The van der Waals surface area contributed by atoms with Crippen molar-refractivity contribution >= 4 is 0 Å². The Morgan fingerprint density at radius 3 is 2.16 bits per heavy atom. The predicted molar refractivity (Wildman–Crippen MR) is 125 cm³/mol. The molecule has 170 valence electrons. The number of aliphatic hydroxyl groups is 1. The van der Waals surface area contributed by atoms with Gasteiger partial charge in [-0.2, -0.15) is 0 Å². The third-order valence-electron chi connectivity index (χ3n) is 4.94. The second-order valence-electron chi connectivity index (χ2n) is 7.69. The minimum absolute atomic E-state index is 0.118. The van der Waals surface area contributed by atoms with E-state index >= 15 is 0 Å². The zero-order valence-corrected chi connectivity index (χ0v) is 18.9. The Kier molecular flexibility index (Phi) is 12.0. The van der Waals surface area contributed by atoms with Crippen molar-refractivity contribution in [3.05, 3.63) is 64.7 Å². The molecule has 0 saturated carbocycles. The highest BCUT2D eigenvalue weighted by atomic mass is 19.1. The lowest BCUT2D eigenvalue weighted by atomic mass is 10.1. The number of hydrogen-bond acceptors (Lipinski definition) is 2. The van der Waals surface area contributed by atoms with Crippen molar-refractivity contribution in [2.24, 2.45) is 0 Å². The summed E-state index contributed by atoms with van der Waals surface area (Å²) >= 11 is 0. The first kappa shape index (κ1) is 25.4. The molecule has 1 N–H and O–H groups in total. The van der Waals surface area contributed by atoms with Crippen LogP contribution in [0.25, 0.3) is 0 Å². The van der Waals surface area contributed by atoms with Crippen molar-refractivity contribution in [3.63, 3.8) is 0 Å². The van der Waals surface area contributed by atoms with Crippen LogP contribution in [0.4, 0.5) is 8.78 Å². The normalized spacial score (nSPS) is 10.1. The standard InChI is InChI=1S/C28H32F2O2/c1-2-3-4-5-8-11-20-32-25-16-13-23(14-17-25)15-18-26-27(29)21-24(22-28(26)30)12-9-6-7-10-19-31/h13-14,16-17,21-22,31H,2-8,10-11,19-20H2,1H3. The van der Waals surface area contributed by atoms with Crippen molar-refractivity contribution in [1.82, 2.24) is 0 Å². The minimum atomic E-state index is -0.726. The molecule has 0 amide bonds. The van der Waals surface area contributed by atoms with E-state index < -0.39 is 11.6 Å². The van der Waals surface area contributed by atoms with Gasteiger partial charge in [-0.15, -0.1) is 0 Å². The fraction of sp³-hybridized carbons (Fsp3) is 0.429. The minimum Gasteiger partial charge on any atom is -0.494 e. The van der Waals surface area contributed by atoms with Crippen LogP contribution in [0.1, 0.15) is 81.4 Å². The lowest BCUT2D eigenvalue weighted by Gasteiger charge is -2.06. The van der Waals surface area contributed by atoms with Crippen LogP contribution in [-0.2, 0) is 0 Å². The van der Waals surface area contributed by atoms with Crippen molar-refractivity contribution in [2.45, 2.75) is 64.7 Å². The number of halogens is 2. The number of unbranched alkanes of at least 4 members (excludes halogenated alkanes) is 7. The summed E-state index contributed by atoms with van der Waals surface area (Å²) in [4.78, 5) is 0. The highest BCUT2D eigenvalue weighted by Crippen LogP contribution is 2.16. The molecule has 2 nitrogen and oxygen atoms in total. The number of benzene rings is 2. The van der Waals surface area contributed by atoms with Crippen molar-refractivity contribution < 1.29 is 18.6 Å². The van der Waals surface area contributed by atoms with Crippen LogP contribution in [-0.4, -0.2) is 18.3 Å². The molecule has 0 radical (unpaired) electrons. The van der Waals surface area contributed by atoms with Gasteiger partial charge in [-0.25, -0.2) is 8.78 Å². The van der Waals surface area contributed by atoms with E-state index in [2.05, 4.69) is 30.6 Å². The Hall–Kier alpha value is -2.82. The van der Waals surface area contributed by atoms with Gasteiger partial charge in [0.1, 0.15) is 17.4 Å². The monoisotopic (exact) mass is 438 g/mol. The van der Waals surface area contributed by atoms with Crippen LogP contribution >= 0.6 is 0 Å². The first-order chi connectivity index (χ1) is 15.6. The molecule has 0 aliphatic heterocycles. The van der Waals surface area contributed by atoms with E-state index in [0.29, 0.717) is 25.0 Å². The van der Waals surface area contributed by atoms with Crippen LogP contribution in [0.3, 0.4) is 0 Å². The zero-order chi connectivity index (χ0) is 23.0. The molecule has 2 rings (SSSR count). The van der Waals surface area contributed by atoms with Gasteiger partial charge in [0, 0.05) is 24.2 Å². The Morgan fingerprint density at radius 1 is 0.781 bits per heavy atom. The Labute approximate surface area is 191 Å². The summed E-state index contributed by atoms with van der Waals surface area (Å²) in [6.07, 6.45) is 9.27. The summed E-state index contributed by atoms with van der Waals surface area (Å²) < 4.78 is 34.4. The quantitative estimate of drug-likeness (QED) is 0.316. The van der Waals surface area contributed by atoms with Crippen LogP contribution < -0.4 is 4.74 Å². The summed E-state index contributed by atoms with van der Waals surface area (Å²) in [5.41, 5.74) is 0.670. The fourth-order valence-corrected chi connectivity index (χ4v) is 3.10. The summed E-state index contributed by atoms with van der Waals surface area (Å²) in [6, 6.07) is 9.61. The third kappa shape index (κ3) is 9.54. The van der Waals surface area contributed by atoms with E-state index in [1.807, 2.05) is 12.1 Å². The number of rotatable bonds is 11. The smallest absolute Gasteiger partial charge is 0.143 e. The van der Waals surface area contributed by atoms with Crippen LogP contribution in [0.15, 0.2) is 36.4 Å². The van der Waals surface area contributed by atoms with E-state index in [1.165, 1.54) is 44.2 Å². The molecule has 0 aliphatic rings. The van der Waals surface area contributed by atoms with Gasteiger partial charge in [0.2, 0.25) is 0 Å². The highest BCUT2D eigenvalue weighted by molar-refractivity contribution is 5.48. The molecule has 32 heavy (non-hydrogen) atoms. The lowest BCUT2D eigenvalue weighted by molar-refractivity contribution is 0.285. The average molecular weight is 439 g/mol. The molecule has 0 bridgehead atoms. The Balaban J connectivity index is 1.89. The largest absolute Gasteiger partial charge is 0.494 e. The summed E-state index contributed by atoms with van der Waals surface area (Å²) in [5, 5.41) is 8.74. The molecule has 2 aromatic carbocycles. The molecule has 0 aliphatic carbocycles. The number of aliphatic hydroxyl groups excluding tert-OH is 1. The third-order valence-corrected chi connectivity index (χ3v) is 4.94. The number of hydrogen-bond donors (Lipinski definition) is 1. The Bertz CT molecular complexity index is 920. The molecule has 0 atom stereocenters.